The maximum Gasteiger partial charge on any atom is 0.340 e. The number of H-pyrrole nitrogens is 1. The maximum absolute atomic E-state index is 12.8. The second-order valence-corrected chi connectivity index (χ2v) is 7.18. The first kappa shape index (κ1) is 17.6. The number of fused-ring (bicyclic) bond motifs is 1. The number of rotatable bonds is 4. The average Bonchev–Trinajstić information content (AvgIpc) is 2.90. The average molecular weight is 358 g/mol. The van der Waals surface area contributed by atoms with E-state index in [4.69, 9.17) is 4.74 Å². The number of carbonyl (C=O) groups is 2. The molecule has 1 amide bonds. The lowest BCUT2D eigenvalue weighted by Gasteiger charge is -2.25. The lowest BCUT2D eigenvalue weighted by molar-refractivity contribution is 0.0525. The highest BCUT2D eigenvalue weighted by Gasteiger charge is 2.26. The van der Waals surface area contributed by atoms with Crippen LogP contribution in [0.1, 0.15) is 57.1 Å². The summed E-state index contributed by atoms with van der Waals surface area (Å²) in [5, 5.41) is 3.11. The molecule has 1 aliphatic rings. The van der Waals surface area contributed by atoms with Crippen molar-refractivity contribution >= 4 is 23.6 Å². The molecule has 0 bridgehead atoms. The largest absolute Gasteiger partial charge is 0.462 e. The van der Waals surface area contributed by atoms with Crippen molar-refractivity contribution in [1.82, 2.24) is 10.3 Å². The van der Waals surface area contributed by atoms with Gasteiger partial charge in [0.2, 0.25) is 0 Å². The molecule has 132 valence electrons. The molecule has 25 heavy (non-hydrogen) atoms. The molecule has 0 aliphatic carbocycles. The van der Waals surface area contributed by atoms with Gasteiger partial charge in [-0.1, -0.05) is 18.2 Å². The van der Waals surface area contributed by atoms with Gasteiger partial charge in [0.1, 0.15) is 5.69 Å². The van der Waals surface area contributed by atoms with Gasteiger partial charge in [0.25, 0.3) is 5.91 Å². The van der Waals surface area contributed by atoms with Crippen LogP contribution in [0.3, 0.4) is 0 Å². The minimum absolute atomic E-state index is 0.0148. The van der Waals surface area contributed by atoms with Gasteiger partial charge in [0.15, 0.2) is 0 Å². The molecule has 2 aromatic rings. The first-order valence-electron chi connectivity index (χ1n) is 8.41. The molecule has 6 heteroatoms. The Labute approximate surface area is 151 Å². The van der Waals surface area contributed by atoms with Gasteiger partial charge in [-0.15, -0.1) is 11.8 Å². The number of amides is 1. The molecule has 0 saturated carbocycles. The summed E-state index contributed by atoms with van der Waals surface area (Å²) in [7, 11) is 0. The third-order valence-corrected chi connectivity index (χ3v) is 5.53. The van der Waals surface area contributed by atoms with Gasteiger partial charge in [-0.25, -0.2) is 4.79 Å². The molecule has 0 radical (unpaired) electrons. The molecule has 0 spiro atoms. The number of hydrogen-bond donors (Lipinski definition) is 2. The Kier molecular flexibility index (Phi) is 5.18. The van der Waals surface area contributed by atoms with Gasteiger partial charge in [-0.2, -0.15) is 0 Å². The third kappa shape index (κ3) is 3.44. The smallest absolute Gasteiger partial charge is 0.340 e. The third-order valence-electron chi connectivity index (χ3n) is 4.41. The molecule has 0 saturated heterocycles. The van der Waals surface area contributed by atoms with E-state index in [1.807, 2.05) is 23.9 Å². The molecular weight excluding hydrogens is 336 g/mol. The van der Waals surface area contributed by atoms with Crippen LogP contribution in [0.25, 0.3) is 0 Å². The standard InChI is InChI=1S/C19H22N2O3S/c1-4-24-19(23)16-11(2)17(20-12(16)3)18(22)21-14-9-10-25-15-8-6-5-7-13(14)15/h5-8,14,20H,4,9-10H2,1-3H3,(H,21,22). The molecule has 2 N–H and O–H groups in total. The Balaban J connectivity index is 1.83. The molecular formula is C19H22N2O3S. The predicted octanol–water partition coefficient (Wildman–Crippen LogP) is 3.78. The van der Waals surface area contributed by atoms with E-state index in [0.29, 0.717) is 29.1 Å². The Morgan fingerprint density at radius 2 is 2.08 bits per heavy atom. The highest BCUT2D eigenvalue weighted by atomic mass is 32.2. The molecule has 1 unspecified atom stereocenters. The van der Waals surface area contributed by atoms with Crippen molar-refractivity contribution in [2.75, 3.05) is 12.4 Å². The van der Waals surface area contributed by atoms with E-state index in [0.717, 1.165) is 17.7 Å². The Morgan fingerprint density at radius 3 is 2.84 bits per heavy atom. The topological polar surface area (TPSA) is 71.2 Å². The highest BCUT2D eigenvalue weighted by molar-refractivity contribution is 7.99. The first-order chi connectivity index (χ1) is 12.0. The van der Waals surface area contributed by atoms with Gasteiger partial charge in [0, 0.05) is 16.3 Å². The number of nitrogens with one attached hydrogen (secondary N) is 2. The van der Waals surface area contributed by atoms with Gasteiger partial charge >= 0.3 is 5.97 Å². The number of aryl methyl sites for hydroxylation is 1. The Hall–Kier alpha value is -2.21. The van der Waals surface area contributed by atoms with E-state index in [2.05, 4.69) is 22.4 Å². The van der Waals surface area contributed by atoms with E-state index in [-0.39, 0.29) is 11.9 Å². The van der Waals surface area contributed by atoms with E-state index in [1.165, 1.54) is 4.90 Å². The van der Waals surface area contributed by atoms with Crippen molar-refractivity contribution in [3.63, 3.8) is 0 Å². The van der Waals surface area contributed by atoms with Crippen molar-refractivity contribution in [3.05, 3.63) is 52.3 Å². The van der Waals surface area contributed by atoms with Crippen molar-refractivity contribution in [3.8, 4) is 0 Å². The number of ether oxygens (including phenoxy) is 1. The minimum atomic E-state index is -0.396. The first-order valence-corrected chi connectivity index (χ1v) is 9.40. The Morgan fingerprint density at radius 1 is 1.32 bits per heavy atom. The fourth-order valence-corrected chi connectivity index (χ4v) is 4.33. The molecule has 1 aliphatic heterocycles. The number of benzene rings is 1. The molecule has 1 atom stereocenters. The fourth-order valence-electron chi connectivity index (χ4n) is 3.21. The molecule has 2 heterocycles. The van der Waals surface area contributed by atoms with Gasteiger partial charge < -0.3 is 15.0 Å². The van der Waals surface area contributed by atoms with Gasteiger partial charge in [-0.3, -0.25) is 4.79 Å². The number of aromatic nitrogens is 1. The van der Waals surface area contributed by atoms with Crippen molar-refractivity contribution in [1.29, 1.82) is 0 Å². The van der Waals surface area contributed by atoms with Crippen LogP contribution in [0.2, 0.25) is 0 Å². The number of esters is 1. The summed E-state index contributed by atoms with van der Waals surface area (Å²) in [4.78, 5) is 29.1. The number of hydrogen-bond acceptors (Lipinski definition) is 4. The summed E-state index contributed by atoms with van der Waals surface area (Å²) >= 11 is 1.81. The van der Waals surface area contributed by atoms with Crippen molar-refractivity contribution < 1.29 is 14.3 Å². The normalized spacial score (nSPS) is 16.2. The molecule has 5 nitrogen and oxygen atoms in total. The van der Waals surface area contributed by atoms with Gasteiger partial charge in [-0.05, 0) is 44.4 Å². The monoisotopic (exact) mass is 358 g/mol. The summed E-state index contributed by atoms with van der Waals surface area (Å²) in [6.07, 6.45) is 0.886. The SMILES string of the molecule is CCOC(=O)c1c(C)[nH]c(C(=O)NC2CCSc3ccccc32)c1C. The molecule has 1 aromatic carbocycles. The van der Waals surface area contributed by atoms with Crippen LogP contribution in [0.4, 0.5) is 0 Å². The zero-order valence-electron chi connectivity index (χ0n) is 14.6. The zero-order chi connectivity index (χ0) is 18.0. The summed E-state index contributed by atoms with van der Waals surface area (Å²) in [6.45, 7) is 5.63. The second-order valence-electron chi connectivity index (χ2n) is 6.05. The van der Waals surface area contributed by atoms with Crippen LogP contribution in [-0.2, 0) is 4.74 Å². The summed E-state index contributed by atoms with van der Waals surface area (Å²) in [6, 6.07) is 8.14. The van der Waals surface area contributed by atoms with E-state index < -0.39 is 5.97 Å². The van der Waals surface area contributed by atoms with Crippen LogP contribution >= 0.6 is 11.8 Å². The van der Waals surface area contributed by atoms with Crippen LogP contribution in [-0.4, -0.2) is 29.2 Å². The Bertz CT molecular complexity index is 813. The second kappa shape index (κ2) is 7.35. The van der Waals surface area contributed by atoms with Crippen molar-refractivity contribution in [2.45, 2.75) is 38.1 Å². The minimum Gasteiger partial charge on any atom is -0.462 e. The summed E-state index contributed by atoms with van der Waals surface area (Å²) < 4.78 is 5.09. The summed E-state index contributed by atoms with van der Waals surface area (Å²) in [5.41, 5.74) is 3.31. The van der Waals surface area contributed by atoms with Crippen molar-refractivity contribution in [2.24, 2.45) is 0 Å². The van der Waals surface area contributed by atoms with E-state index in [9.17, 15) is 9.59 Å². The van der Waals surface area contributed by atoms with E-state index in [1.54, 1.807) is 20.8 Å². The maximum atomic E-state index is 12.8. The number of aromatic amines is 1. The van der Waals surface area contributed by atoms with Crippen LogP contribution in [0.5, 0.6) is 0 Å². The van der Waals surface area contributed by atoms with Gasteiger partial charge in [0.05, 0.1) is 18.2 Å². The summed E-state index contributed by atoms with van der Waals surface area (Å²) in [5.74, 6) is 0.383. The number of thioether (sulfide) groups is 1. The van der Waals surface area contributed by atoms with Crippen LogP contribution < -0.4 is 5.32 Å². The lowest BCUT2D eigenvalue weighted by atomic mass is 10.0. The van der Waals surface area contributed by atoms with Crippen LogP contribution in [0.15, 0.2) is 29.2 Å². The molecule has 0 fully saturated rings. The highest BCUT2D eigenvalue weighted by Crippen LogP contribution is 2.36. The van der Waals surface area contributed by atoms with E-state index >= 15 is 0 Å². The van der Waals surface area contributed by atoms with Crippen LogP contribution in [0, 0.1) is 13.8 Å². The predicted molar refractivity (Wildman–Crippen MR) is 98.2 cm³/mol. The fraction of sp³-hybridized carbons (Fsp3) is 0.368. The molecule has 1 aromatic heterocycles. The lowest BCUT2D eigenvalue weighted by Crippen LogP contribution is -2.31. The number of carbonyl (C=O) groups excluding carboxylic acids is 2. The zero-order valence-corrected chi connectivity index (χ0v) is 15.5. The quantitative estimate of drug-likeness (QED) is 0.816. The molecule has 3 rings (SSSR count).